The molecule has 6 nitrogen and oxygen atoms in total. The van der Waals surface area contributed by atoms with Gasteiger partial charge in [-0.3, -0.25) is 10.1 Å². The predicted molar refractivity (Wildman–Crippen MR) is 81.1 cm³/mol. The highest BCUT2D eigenvalue weighted by Gasteiger charge is 2.25. The number of nitrogen functional groups attached to an aromatic ring is 1. The molecule has 0 fully saturated rings. The molecule has 0 atom stereocenters. The van der Waals surface area contributed by atoms with E-state index in [-0.39, 0.29) is 11.5 Å². The van der Waals surface area contributed by atoms with Gasteiger partial charge in [0, 0.05) is 10.9 Å². The maximum atomic E-state index is 11.2. The molecule has 0 saturated heterocycles. The second-order valence-electron chi connectivity index (χ2n) is 4.53. The summed E-state index contributed by atoms with van der Waals surface area (Å²) in [7, 11) is 0. The smallest absolute Gasteiger partial charge is 0.280 e. The first kappa shape index (κ1) is 13.3. The second-order valence-corrected chi connectivity index (χ2v) is 5.47. The second kappa shape index (κ2) is 5.02. The number of hydrogen-bond donors (Lipinski definition) is 1. The monoisotopic (exact) mass is 301 g/mol. The SMILES string of the molecule is Cc1ccc([N+](=O)[O-])c(-c2onc(N)c2-c2cccs2)c1. The van der Waals surface area contributed by atoms with Crippen LogP contribution in [0.3, 0.4) is 0 Å². The summed E-state index contributed by atoms with van der Waals surface area (Å²) in [6.07, 6.45) is 0. The molecule has 0 bridgehead atoms. The third-order valence-electron chi connectivity index (χ3n) is 3.08. The minimum Gasteiger partial charge on any atom is -0.380 e. The van der Waals surface area contributed by atoms with E-state index in [1.165, 1.54) is 17.4 Å². The number of nitrogens with zero attached hydrogens (tertiary/aromatic N) is 2. The van der Waals surface area contributed by atoms with Crippen LogP contribution in [0.25, 0.3) is 21.8 Å². The van der Waals surface area contributed by atoms with Gasteiger partial charge in [-0.25, -0.2) is 0 Å². The molecule has 2 heterocycles. The van der Waals surface area contributed by atoms with Crippen molar-refractivity contribution in [2.24, 2.45) is 0 Å². The van der Waals surface area contributed by atoms with E-state index >= 15 is 0 Å². The summed E-state index contributed by atoms with van der Waals surface area (Å²) in [4.78, 5) is 11.6. The first-order valence-corrected chi connectivity index (χ1v) is 7.00. The topological polar surface area (TPSA) is 95.2 Å². The molecule has 3 rings (SSSR count). The van der Waals surface area contributed by atoms with Crippen molar-refractivity contribution in [1.82, 2.24) is 5.16 Å². The molecular formula is C14H11N3O3S. The lowest BCUT2D eigenvalue weighted by atomic mass is 10.0. The van der Waals surface area contributed by atoms with Crippen LogP contribution in [-0.2, 0) is 0 Å². The molecule has 2 aromatic heterocycles. The van der Waals surface area contributed by atoms with Gasteiger partial charge in [-0.15, -0.1) is 11.3 Å². The van der Waals surface area contributed by atoms with Crippen LogP contribution in [0.1, 0.15) is 5.56 Å². The van der Waals surface area contributed by atoms with Crippen LogP contribution in [-0.4, -0.2) is 10.1 Å². The first-order valence-electron chi connectivity index (χ1n) is 6.12. The first-order chi connectivity index (χ1) is 10.1. The Bertz CT molecular complexity index is 809. The highest BCUT2D eigenvalue weighted by atomic mass is 32.1. The molecule has 0 unspecified atom stereocenters. The molecule has 0 radical (unpaired) electrons. The molecule has 1 aromatic carbocycles. The highest BCUT2D eigenvalue weighted by Crippen LogP contribution is 2.42. The van der Waals surface area contributed by atoms with E-state index in [1.54, 1.807) is 12.1 Å². The van der Waals surface area contributed by atoms with Gasteiger partial charge in [0.25, 0.3) is 5.69 Å². The number of anilines is 1. The van der Waals surface area contributed by atoms with Crippen LogP contribution in [0.15, 0.2) is 40.2 Å². The largest absolute Gasteiger partial charge is 0.380 e. The zero-order valence-corrected chi connectivity index (χ0v) is 11.9. The van der Waals surface area contributed by atoms with Crippen LogP contribution < -0.4 is 5.73 Å². The summed E-state index contributed by atoms with van der Waals surface area (Å²) in [6, 6.07) is 8.60. The Labute approximate surface area is 124 Å². The van der Waals surface area contributed by atoms with E-state index < -0.39 is 4.92 Å². The maximum Gasteiger partial charge on any atom is 0.280 e. The van der Waals surface area contributed by atoms with Crippen molar-refractivity contribution in [1.29, 1.82) is 0 Å². The van der Waals surface area contributed by atoms with Crippen molar-refractivity contribution < 1.29 is 9.45 Å². The molecule has 7 heteroatoms. The number of benzene rings is 1. The van der Waals surface area contributed by atoms with Crippen molar-refractivity contribution in [3.63, 3.8) is 0 Å². The lowest BCUT2D eigenvalue weighted by molar-refractivity contribution is -0.384. The number of aromatic nitrogens is 1. The summed E-state index contributed by atoms with van der Waals surface area (Å²) in [5, 5.41) is 16.9. The van der Waals surface area contributed by atoms with Crippen LogP contribution in [0, 0.1) is 17.0 Å². The predicted octanol–water partition coefficient (Wildman–Crippen LogP) is 3.87. The molecule has 2 N–H and O–H groups in total. The maximum absolute atomic E-state index is 11.2. The quantitative estimate of drug-likeness (QED) is 0.585. The van der Waals surface area contributed by atoms with Crippen molar-refractivity contribution >= 4 is 22.8 Å². The number of hydrogen-bond acceptors (Lipinski definition) is 6. The van der Waals surface area contributed by atoms with E-state index in [2.05, 4.69) is 5.16 Å². The summed E-state index contributed by atoms with van der Waals surface area (Å²) < 4.78 is 5.28. The molecule has 106 valence electrons. The number of aryl methyl sites for hydroxylation is 1. The summed E-state index contributed by atoms with van der Waals surface area (Å²) >= 11 is 1.47. The summed E-state index contributed by atoms with van der Waals surface area (Å²) in [5.41, 5.74) is 7.70. The van der Waals surface area contributed by atoms with Gasteiger partial charge in [-0.05, 0) is 30.0 Å². The van der Waals surface area contributed by atoms with Gasteiger partial charge in [0.05, 0.1) is 16.1 Å². The van der Waals surface area contributed by atoms with Gasteiger partial charge in [0.2, 0.25) is 0 Å². The van der Waals surface area contributed by atoms with Crippen molar-refractivity contribution in [3.8, 4) is 21.8 Å². The fraction of sp³-hybridized carbons (Fsp3) is 0.0714. The normalized spacial score (nSPS) is 10.7. The molecular weight excluding hydrogens is 290 g/mol. The fourth-order valence-corrected chi connectivity index (χ4v) is 2.91. The van der Waals surface area contributed by atoms with Gasteiger partial charge >= 0.3 is 0 Å². The Morgan fingerprint density at radius 2 is 2.19 bits per heavy atom. The van der Waals surface area contributed by atoms with Crippen LogP contribution in [0.2, 0.25) is 0 Å². The molecule has 21 heavy (non-hydrogen) atoms. The zero-order valence-electron chi connectivity index (χ0n) is 11.1. The highest BCUT2D eigenvalue weighted by molar-refractivity contribution is 7.13. The van der Waals surface area contributed by atoms with E-state index in [4.69, 9.17) is 10.3 Å². The van der Waals surface area contributed by atoms with E-state index in [9.17, 15) is 10.1 Å². The van der Waals surface area contributed by atoms with Gasteiger partial charge in [-0.1, -0.05) is 17.3 Å². The number of thiophene rings is 1. The minimum absolute atomic E-state index is 0.0328. The minimum atomic E-state index is -0.439. The average molecular weight is 301 g/mol. The zero-order chi connectivity index (χ0) is 15.0. The molecule has 0 aliphatic carbocycles. The van der Waals surface area contributed by atoms with Crippen molar-refractivity contribution in [2.45, 2.75) is 6.92 Å². The van der Waals surface area contributed by atoms with Gasteiger partial charge in [-0.2, -0.15) is 0 Å². The Hall–Kier alpha value is -2.67. The Morgan fingerprint density at radius 3 is 2.86 bits per heavy atom. The Kier molecular flexibility index (Phi) is 3.19. The summed E-state index contributed by atoms with van der Waals surface area (Å²) in [5.74, 6) is 0.550. The van der Waals surface area contributed by atoms with Crippen LogP contribution in [0.4, 0.5) is 11.5 Å². The molecule has 0 aliphatic heterocycles. The molecule has 0 saturated carbocycles. The van der Waals surface area contributed by atoms with E-state index in [0.717, 1.165) is 10.4 Å². The molecule has 3 aromatic rings. The third-order valence-corrected chi connectivity index (χ3v) is 3.97. The summed E-state index contributed by atoms with van der Waals surface area (Å²) in [6.45, 7) is 1.86. The Morgan fingerprint density at radius 1 is 1.38 bits per heavy atom. The molecule has 0 spiro atoms. The third kappa shape index (κ3) is 2.27. The Balaban J connectivity index is 2.28. The van der Waals surface area contributed by atoms with Gasteiger partial charge in [0.1, 0.15) is 0 Å². The standard InChI is InChI=1S/C14H11N3O3S/c1-8-4-5-10(17(18)19)9(7-8)13-12(14(15)16-20-13)11-3-2-6-21-11/h2-7H,1H3,(H2,15,16). The van der Waals surface area contributed by atoms with Crippen molar-refractivity contribution in [2.75, 3.05) is 5.73 Å². The van der Waals surface area contributed by atoms with Gasteiger partial charge in [0.15, 0.2) is 11.6 Å². The lowest BCUT2D eigenvalue weighted by Crippen LogP contribution is -1.93. The molecule has 0 amide bonds. The van der Waals surface area contributed by atoms with E-state index in [0.29, 0.717) is 16.9 Å². The van der Waals surface area contributed by atoms with E-state index in [1.807, 2.05) is 24.4 Å². The molecule has 0 aliphatic rings. The van der Waals surface area contributed by atoms with Crippen molar-refractivity contribution in [3.05, 3.63) is 51.4 Å². The van der Waals surface area contributed by atoms with Crippen LogP contribution in [0.5, 0.6) is 0 Å². The fourth-order valence-electron chi connectivity index (χ4n) is 2.14. The number of nitro groups is 1. The average Bonchev–Trinajstić information content (AvgIpc) is 3.06. The van der Waals surface area contributed by atoms with Crippen LogP contribution >= 0.6 is 11.3 Å². The van der Waals surface area contributed by atoms with Gasteiger partial charge < -0.3 is 10.3 Å². The lowest BCUT2D eigenvalue weighted by Gasteiger charge is -2.03. The number of nitrogens with two attached hydrogens (primary N) is 1. The number of rotatable bonds is 3. The number of nitro benzene ring substituents is 1.